The molecule has 9 heteroatoms. The van der Waals surface area contributed by atoms with Gasteiger partial charge < -0.3 is 20.1 Å². The van der Waals surface area contributed by atoms with Crippen LogP contribution in [-0.2, 0) is 21.2 Å². The third-order valence-corrected chi connectivity index (χ3v) is 6.69. The van der Waals surface area contributed by atoms with E-state index in [0.717, 1.165) is 5.56 Å². The quantitative estimate of drug-likeness (QED) is 0.768. The molecule has 2 aromatic rings. The maximum absolute atomic E-state index is 12.7. The van der Waals surface area contributed by atoms with E-state index >= 15 is 0 Å². The molecule has 0 aliphatic carbocycles. The van der Waals surface area contributed by atoms with Crippen molar-refractivity contribution in [2.24, 2.45) is 5.92 Å². The van der Waals surface area contributed by atoms with Crippen LogP contribution in [0.25, 0.3) is 0 Å². The Labute approximate surface area is 168 Å². The number of amides is 2. The minimum atomic E-state index is -3.16. The molecule has 2 N–H and O–H groups in total. The molecule has 0 radical (unpaired) electrons. The summed E-state index contributed by atoms with van der Waals surface area (Å²) in [6.07, 6.45) is 0.298. The van der Waals surface area contributed by atoms with Crippen LogP contribution in [0.3, 0.4) is 0 Å². The standard InChI is InChI=1S/C20H20N2O6S/c23-19(14-7-8-29(25,26)11-14)22-16-4-2-1-3-15(16)20(24)21-10-13-5-6-17-18(9-13)28-12-27-17/h1-6,9,14H,7-8,10-12H2,(H,21,24)(H,22,23). The highest BCUT2D eigenvalue weighted by molar-refractivity contribution is 7.91. The van der Waals surface area contributed by atoms with Crippen molar-refractivity contribution >= 4 is 27.3 Å². The molecule has 1 atom stereocenters. The molecular weight excluding hydrogens is 396 g/mol. The molecule has 1 unspecified atom stereocenters. The smallest absolute Gasteiger partial charge is 0.253 e. The molecule has 152 valence electrons. The van der Waals surface area contributed by atoms with Crippen molar-refractivity contribution in [2.45, 2.75) is 13.0 Å². The van der Waals surface area contributed by atoms with Gasteiger partial charge in [0.1, 0.15) is 0 Å². The number of rotatable bonds is 5. The molecule has 29 heavy (non-hydrogen) atoms. The predicted octanol–water partition coefficient (Wildman–Crippen LogP) is 1.72. The van der Waals surface area contributed by atoms with Crippen LogP contribution >= 0.6 is 0 Å². The van der Waals surface area contributed by atoms with E-state index < -0.39 is 15.8 Å². The Morgan fingerprint density at radius 3 is 2.66 bits per heavy atom. The highest BCUT2D eigenvalue weighted by atomic mass is 32.2. The summed E-state index contributed by atoms with van der Waals surface area (Å²) in [5, 5.41) is 5.52. The Bertz CT molecular complexity index is 1070. The number of hydrogen-bond acceptors (Lipinski definition) is 6. The summed E-state index contributed by atoms with van der Waals surface area (Å²) >= 11 is 0. The third-order valence-electron chi connectivity index (χ3n) is 4.92. The molecular formula is C20H20N2O6S. The summed E-state index contributed by atoms with van der Waals surface area (Å²) in [5.74, 6) is -0.164. The van der Waals surface area contributed by atoms with Crippen LogP contribution in [0.1, 0.15) is 22.3 Å². The van der Waals surface area contributed by atoms with Crippen LogP contribution in [0.4, 0.5) is 5.69 Å². The Kier molecular flexibility index (Phi) is 5.14. The normalized spacial score (nSPS) is 19.0. The van der Waals surface area contributed by atoms with Crippen molar-refractivity contribution in [3.8, 4) is 11.5 Å². The van der Waals surface area contributed by atoms with Gasteiger partial charge >= 0.3 is 0 Å². The van der Waals surface area contributed by atoms with Gasteiger partial charge in [-0.3, -0.25) is 9.59 Å². The van der Waals surface area contributed by atoms with Crippen LogP contribution in [0.15, 0.2) is 42.5 Å². The largest absolute Gasteiger partial charge is 0.454 e. The molecule has 2 heterocycles. The van der Waals surface area contributed by atoms with Crippen LogP contribution in [-0.4, -0.2) is 38.5 Å². The maximum Gasteiger partial charge on any atom is 0.253 e. The van der Waals surface area contributed by atoms with E-state index in [0.29, 0.717) is 29.2 Å². The Hall–Kier alpha value is -3.07. The van der Waals surface area contributed by atoms with Crippen molar-refractivity contribution in [1.29, 1.82) is 0 Å². The van der Waals surface area contributed by atoms with E-state index in [1.165, 1.54) is 0 Å². The van der Waals surface area contributed by atoms with E-state index in [2.05, 4.69) is 10.6 Å². The van der Waals surface area contributed by atoms with Crippen molar-refractivity contribution in [1.82, 2.24) is 5.32 Å². The first-order valence-electron chi connectivity index (χ1n) is 9.18. The number of anilines is 1. The topological polar surface area (TPSA) is 111 Å². The van der Waals surface area contributed by atoms with Gasteiger partial charge in [-0.2, -0.15) is 0 Å². The maximum atomic E-state index is 12.7. The van der Waals surface area contributed by atoms with Gasteiger partial charge in [0.15, 0.2) is 21.3 Å². The average molecular weight is 416 g/mol. The van der Waals surface area contributed by atoms with Crippen molar-refractivity contribution < 1.29 is 27.5 Å². The molecule has 1 saturated heterocycles. The number of sulfone groups is 1. The monoisotopic (exact) mass is 416 g/mol. The van der Waals surface area contributed by atoms with Crippen molar-refractivity contribution in [3.05, 3.63) is 53.6 Å². The SMILES string of the molecule is O=C(NCc1ccc2c(c1)OCO2)c1ccccc1NC(=O)C1CCS(=O)(=O)C1. The number of nitrogens with one attached hydrogen (secondary N) is 2. The lowest BCUT2D eigenvalue weighted by atomic mass is 10.1. The molecule has 1 fully saturated rings. The second-order valence-corrected chi connectivity index (χ2v) is 9.23. The predicted molar refractivity (Wildman–Crippen MR) is 106 cm³/mol. The zero-order valence-electron chi connectivity index (χ0n) is 15.5. The fourth-order valence-electron chi connectivity index (χ4n) is 3.36. The number of benzene rings is 2. The first kappa shape index (κ1) is 19.3. The molecule has 2 aromatic carbocycles. The molecule has 2 amide bonds. The van der Waals surface area contributed by atoms with Gasteiger partial charge in [-0.1, -0.05) is 18.2 Å². The molecule has 0 saturated carbocycles. The van der Waals surface area contributed by atoms with Crippen molar-refractivity contribution in [2.75, 3.05) is 23.6 Å². The first-order valence-corrected chi connectivity index (χ1v) is 11.0. The fraction of sp³-hybridized carbons (Fsp3) is 0.300. The van der Waals surface area contributed by atoms with Crippen LogP contribution in [0.5, 0.6) is 11.5 Å². The highest BCUT2D eigenvalue weighted by Gasteiger charge is 2.33. The van der Waals surface area contributed by atoms with Gasteiger partial charge in [0.25, 0.3) is 5.91 Å². The van der Waals surface area contributed by atoms with Crippen LogP contribution in [0.2, 0.25) is 0 Å². The average Bonchev–Trinajstić information content (AvgIpc) is 3.32. The molecule has 0 spiro atoms. The second-order valence-electron chi connectivity index (χ2n) is 7.01. The first-order chi connectivity index (χ1) is 13.9. The highest BCUT2D eigenvalue weighted by Crippen LogP contribution is 2.32. The molecule has 2 aliphatic rings. The minimum absolute atomic E-state index is 0.0166. The van der Waals surface area contributed by atoms with Crippen molar-refractivity contribution in [3.63, 3.8) is 0 Å². The van der Waals surface area contributed by atoms with Gasteiger partial charge in [-0.05, 0) is 36.2 Å². The van der Waals surface area contributed by atoms with Crippen LogP contribution in [0, 0.1) is 5.92 Å². The number of carbonyl (C=O) groups excluding carboxylic acids is 2. The van der Waals surface area contributed by atoms with E-state index in [9.17, 15) is 18.0 Å². The number of para-hydroxylation sites is 1. The molecule has 8 nitrogen and oxygen atoms in total. The van der Waals surface area contributed by atoms with Gasteiger partial charge in [-0.25, -0.2) is 8.42 Å². The summed E-state index contributed by atoms with van der Waals surface area (Å²) in [6, 6.07) is 12.1. The third kappa shape index (κ3) is 4.34. The molecule has 0 bridgehead atoms. The van der Waals surface area contributed by atoms with E-state index in [4.69, 9.17) is 9.47 Å². The Morgan fingerprint density at radius 1 is 1.07 bits per heavy atom. The zero-order valence-corrected chi connectivity index (χ0v) is 16.3. The van der Waals surface area contributed by atoms with E-state index in [1.807, 2.05) is 6.07 Å². The van der Waals surface area contributed by atoms with E-state index in [-0.39, 0.29) is 36.7 Å². The minimum Gasteiger partial charge on any atom is -0.454 e. The van der Waals surface area contributed by atoms with Gasteiger partial charge in [0.2, 0.25) is 12.7 Å². The van der Waals surface area contributed by atoms with Gasteiger partial charge in [0.05, 0.1) is 28.7 Å². The van der Waals surface area contributed by atoms with E-state index in [1.54, 1.807) is 36.4 Å². The summed E-state index contributed by atoms with van der Waals surface area (Å²) in [6.45, 7) is 0.457. The Balaban J connectivity index is 1.42. The van der Waals surface area contributed by atoms with Gasteiger partial charge in [0, 0.05) is 6.54 Å². The summed E-state index contributed by atoms with van der Waals surface area (Å²) in [4.78, 5) is 25.1. The second kappa shape index (κ2) is 7.75. The number of carbonyl (C=O) groups is 2. The van der Waals surface area contributed by atoms with Crippen LogP contribution < -0.4 is 20.1 Å². The lowest BCUT2D eigenvalue weighted by molar-refractivity contribution is -0.119. The summed E-state index contributed by atoms with van der Waals surface area (Å²) in [7, 11) is -3.16. The summed E-state index contributed by atoms with van der Waals surface area (Å²) in [5.41, 5.74) is 1.51. The number of ether oxygens (including phenoxy) is 2. The number of fused-ring (bicyclic) bond motifs is 1. The zero-order chi connectivity index (χ0) is 20.4. The molecule has 4 rings (SSSR count). The van der Waals surface area contributed by atoms with Gasteiger partial charge in [-0.15, -0.1) is 0 Å². The lowest BCUT2D eigenvalue weighted by Crippen LogP contribution is -2.27. The molecule has 0 aromatic heterocycles. The number of hydrogen-bond donors (Lipinski definition) is 2. The summed E-state index contributed by atoms with van der Waals surface area (Å²) < 4.78 is 33.8. The molecule has 2 aliphatic heterocycles. The fourth-order valence-corrected chi connectivity index (χ4v) is 5.10. The lowest BCUT2D eigenvalue weighted by Gasteiger charge is -2.14. The Morgan fingerprint density at radius 2 is 1.86 bits per heavy atom.